The van der Waals surface area contributed by atoms with Crippen LogP contribution in [0.1, 0.15) is 27.4 Å². The summed E-state index contributed by atoms with van der Waals surface area (Å²) in [5, 5.41) is 17.1. The number of amides is 1. The standard InChI is InChI=1S/C16H12F3N5O3/c1-8-3-4-10(12(5-8)24(26)27)21-15(25)11-7-14-20-9(2)6-13(16(17,18)19)23(14)22-11/h3-7H,1-2H3,(H,21,25). The molecule has 0 fully saturated rings. The van der Waals surface area contributed by atoms with Gasteiger partial charge in [-0.1, -0.05) is 6.07 Å². The highest BCUT2D eigenvalue weighted by atomic mass is 19.4. The van der Waals surface area contributed by atoms with E-state index >= 15 is 0 Å². The molecule has 0 aliphatic carbocycles. The minimum atomic E-state index is -4.69. The number of hydrogen-bond acceptors (Lipinski definition) is 5. The Kier molecular flexibility index (Phi) is 4.30. The molecule has 2 aromatic heterocycles. The minimum absolute atomic E-state index is 0.0900. The van der Waals surface area contributed by atoms with Crippen LogP contribution in [0.5, 0.6) is 0 Å². The van der Waals surface area contributed by atoms with Crippen LogP contribution in [0.25, 0.3) is 5.65 Å². The van der Waals surface area contributed by atoms with Crippen molar-refractivity contribution in [3.8, 4) is 0 Å². The highest BCUT2D eigenvalue weighted by Gasteiger charge is 2.35. The van der Waals surface area contributed by atoms with Gasteiger partial charge >= 0.3 is 6.18 Å². The maximum absolute atomic E-state index is 13.2. The zero-order valence-corrected chi connectivity index (χ0v) is 14.0. The van der Waals surface area contributed by atoms with Crippen molar-refractivity contribution < 1.29 is 22.9 Å². The van der Waals surface area contributed by atoms with Gasteiger partial charge in [0.2, 0.25) is 0 Å². The van der Waals surface area contributed by atoms with Crippen LogP contribution in [0, 0.1) is 24.0 Å². The Morgan fingerprint density at radius 1 is 1.22 bits per heavy atom. The molecule has 1 aromatic carbocycles. The van der Waals surface area contributed by atoms with Crippen LogP contribution in [0.3, 0.4) is 0 Å². The van der Waals surface area contributed by atoms with Crippen LogP contribution in [0.4, 0.5) is 24.5 Å². The average Bonchev–Trinajstić information content (AvgIpc) is 2.98. The van der Waals surface area contributed by atoms with E-state index in [0.29, 0.717) is 10.1 Å². The van der Waals surface area contributed by atoms with E-state index in [4.69, 9.17) is 0 Å². The van der Waals surface area contributed by atoms with E-state index in [2.05, 4.69) is 15.4 Å². The Hall–Kier alpha value is -3.50. The molecule has 0 bridgehead atoms. The SMILES string of the molecule is Cc1ccc(NC(=O)c2cc3nc(C)cc(C(F)(F)F)n3n2)c([N+](=O)[O-])c1. The second-order valence-corrected chi connectivity index (χ2v) is 5.81. The lowest BCUT2D eigenvalue weighted by molar-refractivity contribution is -0.384. The van der Waals surface area contributed by atoms with Gasteiger partial charge in [-0.25, -0.2) is 9.50 Å². The maximum Gasteiger partial charge on any atom is 0.433 e. The molecule has 3 rings (SSSR count). The third-order valence-electron chi connectivity index (χ3n) is 3.68. The fourth-order valence-electron chi connectivity index (χ4n) is 2.50. The smallest absolute Gasteiger partial charge is 0.315 e. The van der Waals surface area contributed by atoms with Crippen molar-refractivity contribution in [2.75, 3.05) is 5.32 Å². The predicted molar refractivity (Wildman–Crippen MR) is 88.5 cm³/mol. The lowest BCUT2D eigenvalue weighted by Crippen LogP contribution is -2.16. The number of rotatable bonds is 3. The van der Waals surface area contributed by atoms with Gasteiger partial charge in [0.05, 0.1) is 4.92 Å². The number of nitrogens with one attached hydrogen (secondary N) is 1. The Bertz CT molecular complexity index is 1080. The quantitative estimate of drug-likeness (QED) is 0.554. The number of aryl methyl sites for hydroxylation is 2. The second kappa shape index (κ2) is 6.34. The molecule has 1 amide bonds. The first-order chi connectivity index (χ1) is 12.6. The summed E-state index contributed by atoms with van der Waals surface area (Å²) in [6.45, 7) is 3.03. The molecule has 3 aromatic rings. The van der Waals surface area contributed by atoms with Crippen molar-refractivity contribution in [2.24, 2.45) is 0 Å². The highest BCUT2D eigenvalue weighted by Crippen LogP contribution is 2.30. The molecular formula is C16H12F3N5O3. The number of anilines is 1. The molecule has 2 heterocycles. The van der Waals surface area contributed by atoms with E-state index < -0.39 is 22.7 Å². The lowest BCUT2D eigenvalue weighted by atomic mass is 10.2. The Morgan fingerprint density at radius 2 is 1.93 bits per heavy atom. The molecular weight excluding hydrogens is 367 g/mol. The second-order valence-electron chi connectivity index (χ2n) is 5.81. The third kappa shape index (κ3) is 3.57. The van der Waals surface area contributed by atoms with E-state index in [1.165, 1.54) is 19.1 Å². The largest absolute Gasteiger partial charge is 0.433 e. The van der Waals surface area contributed by atoms with Crippen LogP contribution in [0.15, 0.2) is 30.3 Å². The van der Waals surface area contributed by atoms with Crippen LogP contribution < -0.4 is 5.32 Å². The molecule has 0 spiro atoms. The molecule has 1 N–H and O–H groups in total. The van der Waals surface area contributed by atoms with Gasteiger partial charge in [0.25, 0.3) is 11.6 Å². The fourth-order valence-corrected chi connectivity index (χ4v) is 2.50. The number of alkyl halides is 3. The lowest BCUT2D eigenvalue weighted by Gasteiger charge is -2.09. The van der Waals surface area contributed by atoms with E-state index in [0.717, 1.165) is 12.1 Å². The fraction of sp³-hybridized carbons (Fsp3) is 0.188. The van der Waals surface area contributed by atoms with E-state index in [9.17, 15) is 28.1 Å². The van der Waals surface area contributed by atoms with Crippen molar-refractivity contribution in [1.29, 1.82) is 0 Å². The highest BCUT2D eigenvalue weighted by molar-refractivity contribution is 6.04. The third-order valence-corrected chi connectivity index (χ3v) is 3.68. The number of hydrogen-bond donors (Lipinski definition) is 1. The molecule has 0 atom stereocenters. The van der Waals surface area contributed by atoms with Gasteiger partial charge in [-0.2, -0.15) is 18.3 Å². The molecule has 8 nitrogen and oxygen atoms in total. The van der Waals surface area contributed by atoms with Crippen molar-refractivity contribution in [3.63, 3.8) is 0 Å². The van der Waals surface area contributed by atoms with Gasteiger partial charge in [0.1, 0.15) is 11.4 Å². The van der Waals surface area contributed by atoms with E-state index in [1.54, 1.807) is 13.0 Å². The number of fused-ring (bicyclic) bond motifs is 1. The Morgan fingerprint density at radius 3 is 2.56 bits per heavy atom. The van der Waals surface area contributed by atoms with Gasteiger partial charge < -0.3 is 5.32 Å². The predicted octanol–water partition coefficient (Wildman–Crippen LogP) is 3.53. The average molecular weight is 379 g/mol. The number of aromatic nitrogens is 3. The Labute approximate surface area is 149 Å². The summed E-state index contributed by atoms with van der Waals surface area (Å²) in [5.74, 6) is -0.891. The van der Waals surface area contributed by atoms with Crippen molar-refractivity contribution in [1.82, 2.24) is 14.6 Å². The summed E-state index contributed by atoms with van der Waals surface area (Å²) >= 11 is 0. The summed E-state index contributed by atoms with van der Waals surface area (Å²) in [6.07, 6.45) is -4.69. The van der Waals surface area contributed by atoms with Crippen LogP contribution >= 0.6 is 0 Å². The molecule has 140 valence electrons. The van der Waals surface area contributed by atoms with Crippen LogP contribution in [0.2, 0.25) is 0 Å². The van der Waals surface area contributed by atoms with Gasteiger partial charge in [0.15, 0.2) is 11.3 Å². The number of benzene rings is 1. The summed E-state index contributed by atoms with van der Waals surface area (Å²) < 4.78 is 40.0. The van der Waals surface area contributed by atoms with Crippen LogP contribution in [-0.2, 0) is 6.18 Å². The van der Waals surface area contributed by atoms with Gasteiger partial charge in [0, 0.05) is 17.8 Å². The Balaban J connectivity index is 2.02. The maximum atomic E-state index is 13.2. The zero-order chi connectivity index (χ0) is 19.9. The first-order valence-corrected chi connectivity index (χ1v) is 7.57. The zero-order valence-electron chi connectivity index (χ0n) is 14.0. The van der Waals surface area contributed by atoms with E-state index in [-0.39, 0.29) is 28.4 Å². The summed E-state index contributed by atoms with van der Waals surface area (Å²) in [6, 6.07) is 6.06. The van der Waals surface area contributed by atoms with E-state index in [1.807, 2.05) is 0 Å². The summed E-state index contributed by atoms with van der Waals surface area (Å²) in [5.41, 5.74) is -1.30. The number of nitro groups is 1. The van der Waals surface area contributed by atoms with Gasteiger partial charge in [-0.05, 0) is 31.5 Å². The number of nitrogens with zero attached hydrogens (tertiary/aromatic N) is 4. The number of nitro benzene ring substituents is 1. The normalized spacial score (nSPS) is 11.6. The van der Waals surface area contributed by atoms with Crippen molar-refractivity contribution in [2.45, 2.75) is 20.0 Å². The van der Waals surface area contributed by atoms with Gasteiger partial charge in [-0.15, -0.1) is 0 Å². The van der Waals surface area contributed by atoms with Gasteiger partial charge in [-0.3, -0.25) is 14.9 Å². The molecule has 0 saturated heterocycles. The summed E-state index contributed by atoms with van der Waals surface area (Å²) in [4.78, 5) is 26.8. The monoisotopic (exact) mass is 379 g/mol. The molecule has 0 radical (unpaired) electrons. The number of carbonyl (C=O) groups is 1. The van der Waals surface area contributed by atoms with Crippen LogP contribution in [-0.4, -0.2) is 25.4 Å². The first-order valence-electron chi connectivity index (χ1n) is 7.57. The topological polar surface area (TPSA) is 102 Å². The molecule has 0 saturated carbocycles. The minimum Gasteiger partial charge on any atom is -0.315 e. The molecule has 27 heavy (non-hydrogen) atoms. The molecule has 0 unspecified atom stereocenters. The number of carbonyl (C=O) groups excluding carboxylic acids is 1. The van der Waals surface area contributed by atoms with Crippen molar-refractivity contribution in [3.05, 3.63) is 63.1 Å². The first kappa shape index (κ1) is 18.3. The number of halogens is 3. The molecule has 0 aliphatic heterocycles. The summed E-state index contributed by atoms with van der Waals surface area (Å²) in [7, 11) is 0. The van der Waals surface area contributed by atoms with Crippen molar-refractivity contribution >= 4 is 22.9 Å². The molecule has 11 heteroatoms. The molecule has 0 aliphatic rings.